The molecule has 4 nitrogen and oxygen atoms in total. The molecule has 1 heterocycles. The largest absolute Gasteiger partial charge is 0.486 e. The lowest BCUT2D eigenvalue weighted by atomic mass is 9.86. The monoisotopic (exact) mass is 305 g/mol. The summed E-state index contributed by atoms with van der Waals surface area (Å²) in [6, 6.07) is 6.37. The third kappa shape index (κ3) is 4.17. The molecule has 2 aromatic rings. The van der Waals surface area contributed by atoms with E-state index in [-0.39, 0.29) is 5.41 Å². The quantitative estimate of drug-likeness (QED) is 0.901. The minimum Gasteiger partial charge on any atom is -0.486 e. The van der Waals surface area contributed by atoms with Gasteiger partial charge in [-0.15, -0.1) is 10.2 Å². The molecular formula is C16H23N3OS. The molecule has 0 aliphatic heterocycles. The van der Waals surface area contributed by atoms with Gasteiger partial charge in [-0.25, -0.2) is 0 Å². The Kier molecular flexibility index (Phi) is 4.83. The van der Waals surface area contributed by atoms with Crippen molar-refractivity contribution in [3.63, 3.8) is 0 Å². The van der Waals surface area contributed by atoms with E-state index in [1.54, 1.807) is 0 Å². The van der Waals surface area contributed by atoms with E-state index in [2.05, 4.69) is 55.3 Å². The smallest absolute Gasteiger partial charge is 0.205 e. The molecule has 0 atom stereocenters. The molecule has 0 bridgehead atoms. The van der Waals surface area contributed by atoms with Gasteiger partial charge in [-0.3, -0.25) is 0 Å². The Morgan fingerprint density at radius 2 is 2.00 bits per heavy atom. The van der Waals surface area contributed by atoms with E-state index in [4.69, 9.17) is 4.74 Å². The van der Waals surface area contributed by atoms with E-state index in [0.29, 0.717) is 6.61 Å². The highest BCUT2D eigenvalue weighted by atomic mass is 32.1. The molecule has 0 fully saturated rings. The summed E-state index contributed by atoms with van der Waals surface area (Å²) < 4.78 is 5.86. The first-order valence-corrected chi connectivity index (χ1v) is 8.02. The van der Waals surface area contributed by atoms with Crippen LogP contribution in [0.25, 0.3) is 0 Å². The second-order valence-electron chi connectivity index (χ2n) is 6.05. The molecule has 1 aromatic heterocycles. The van der Waals surface area contributed by atoms with E-state index in [1.807, 2.05) is 13.0 Å². The molecule has 1 N–H and O–H groups in total. The van der Waals surface area contributed by atoms with Crippen LogP contribution >= 0.6 is 11.3 Å². The third-order valence-corrected chi connectivity index (χ3v) is 4.04. The van der Waals surface area contributed by atoms with E-state index in [9.17, 15) is 0 Å². The lowest BCUT2D eigenvalue weighted by molar-refractivity contribution is 0.302. The molecule has 0 amide bonds. The number of ether oxygens (including phenoxy) is 1. The van der Waals surface area contributed by atoms with Crippen molar-refractivity contribution in [3.8, 4) is 5.75 Å². The van der Waals surface area contributed by atoms with Crippen LogP contribution in [0.15, 0.2) is 18.2 Å². The Balaban J connectivity index is 2.02. The molecular weight excluding hydrogens is 282 g/mol. The summed E-state index contributed by atoms with van der Waals surface area (Å²) in [4.78, 5) is 0. The number of benzene rings is 1. The molecule has 2 rings (SSSR count). The van der Waals surface area contributed by atoms with Crippen LogP contribution in [-0.4, -0.2) is 16.7 Å². The van der Waals surface area contributed by atoms with E-state index >= 15 is 0 Å². The van der Waals surface area contributed by atoms with Gasteiger partial charge < -0.3 is 10.1 Å². The Morgan fingerprint density at radius 3 is 2.62 bits per heavy atom. The minimum atomic E-state index is 0.156. The molecule has 0 spiro atoms. The van der Waals surface area contributed by atoms with Gasteiger partial charge in [-0.1, -0.05) is 44.2 Å². The molecule has 1 aromatic carbocycles. The third-order valence-electron chi connectivity index (χ3n) is 3.19. The zero-order valence-corrected chi connectivity index (χ0v) is 14.2. The van der Waals surface area contributed by atoms with Crippen molar-refractivity contribution in [2.75, 3.05) is 11.9 Å². The number of hydrogen-bond donors (Lipinski definition) is 1. The first kappa shape index (κ1) is 15.8. The maximum Gasteiger partial charge on any atom is 0.205 e. The summed E-state index contributed by atoms with van der Waals surface area (Å²) in [5, 5.41) is 13.1. The van der Waals surface area contributed by atoms with E-state index in [1.165, 1.54) is 16.9 Å². The van der Waals surface area contributed by atoms with Crippen LogP contribution in [-0.2, 0) is 12.0 Å². The predicted octanol–water partition coefficient (Wildman–Crippen LogP) is 4.15. The Bertz CT molecular complexity index is 602. The Morgan fingerprint density at radius 1 is 1.24 bits per heavy atom. The molecule has 0 aliphatic rings. The second kappa shape index (κ2) is 6.43. The van der Waals surface area contributed by atoms with Gasteiger partial charge in [-0.05, 0) is 36.5 Å². The Labute approximate surface area is 130 Å². The number of hydrogen-bond acceptors (Lipinski definition) is 5. The molecule has 5 heteroatoms. The number of aryl methyl sites for hydroxylation is 1. The predicted molar refractivity (Wildman–Crippen MR) is 88.3 cm³/mol. The summed E-state index contributed by atoms with van der Waals surface area (Å²) >= 11 is 1.53. The van der Waals surface area contributed by atoms with Crippen LogP contribution < -0.4 is 10.1 Å². The van der Waals surface area contributed by atoms with Crippen LogP contribution in [0.3, 0.4) is 0 Å². The lowest BCUT2D eigenvalue weighted by Gasteiger charge is -2.20. The van der Waals surface area contributed by atoms with Gasteiger partial charge in [0.05, 0.1) is 0 Å². The van der Waals surface area contributed by atoms with Gasteiger partial charge in [0.2, 0.25) is 5.13 Å². The summed E-state index contributed by atoms with van der Waals surface area (Å²) in [5.41, 5.74) is 2.63. The fraction of sp³-hybridized carbons (Fsp3) is 0.500. The lowest BCUT2D eigenvalue weighted by Crippen LogP contribution is -2.11. The van der Waals surface area contributed by atoms with Crippen molar-refractivity contribution < 1.29 is 4.74 Å². The summed E-state index contributed by atoms with van der Waals surface area (Å²) in [7, 11) is 0. The van der Waals surface area contributed by atoms with Crippen molar-refractivity contribution in [3.05, 3.63) is 34.3 Å². The van der Waals surface area contributed by atoms with Crippen LogP contribution in [0.4, 0.5) is 5.13 Å². The number of rotatable bonds is 5. The van der Waals surface area contributed by atoms with Gasteiger partial charge in [0.1, 0.15) is 12.4 Å². The van der Waals surface area contributed by atoms with Gasteiger partial charge in [-0.2, -0.15) is 0 Å². The standard InChI is InChI=1S/C16H23N3OS/c1-6-17-15-19-18-14(21-15)10-20-13-8-7-12(9-11(13)2)16(3,4)5/h7-9H,6,10H2,1-5H3,(H,17,19). The van der Waals surface area contributed by atoms with Crippen molar-refractivity contribution in [1.29, 1.82) is 0 Å². The molecule has 0 saturated carbocycles. The number of aromatic nitrogens is 2. The highest BCUT2D eigenvalue weighted by Gasteiger charge is 2.15. The van der Waals surface area contributed by atoms with E-state index < -0.39 is 0 Å². The molecule has 0 unspecified atom stereocenters. The molecule has 114 valence electrons. The van der Waals surface area contributed by atoms with Crippen molar-refractivity contribution in [2.45, 2.75) is 46.6 Å². The fourth-order valence-electron chi connectivity index (χ4n) is 1.95. The van der Waals surface area contributed by atoms with Crippen molar-refractivity contribution in [2.24, 2.45) is 0 Å². The average molecular weight is 305 g/mol. The first-order valence-electron chi connectivity index (χ1n) is 7.20. The summed E-state index contributed by atoms with van der Waals surface area (Å²) in [6.07, 6.45) is 0. The van der Waals surface area contributed by atoms with Gasteiger partial charge in [0.25, 0.3) is 0 Å². The van der Waals surface area contributed by atoms with Gasteiger partial charge in [0, 0.05) is 6.54 Å². The SMILES string of the molecule is CCNc1nnc(COc2ccc(C(C)(C)C)cc2C)s1. The van der Waals surface area contributed by atoms with Crippen molar-refractivity contribution in [1.82, 2.24) is 10.2 Å². The normalized spacial score (nSPS) is 11.5. The highest BCUT2D eigenvalue weighted by Crippen LogP contribution is 2.28. The van der Waals surface area contributed by atoms with Crippen molar-refractivity contribution >= 4 is 16.5 Å². The maximum absolute atomic E-state index is 5.86. The van der Waals surface area contributed by atoms with Crippen LogP contribution in [0.2, 0.25) is 0 Å². The summed E-state index contributed by atoms with van der Waals surface area (Å²) in [6.45, 7) is 12.1. The first-order chi connectivity index (χ1) is 9.90. The highest BCUT2D eigenvalue weighted by molar-refractivity contribution is 7.15. The minimum absolute atomic E-state index is 0.156. The number of anilines is 1. The average Bonchev–Trinajstić information content (AvgIpc) is 2.84. The van der Waals surface area contributed by atoms with Gasteiger partial charge in [0.15, 0.2) is 5.01 Å². The number of nitrogens with zero attached hydrogens (tertiary/aromatic N) is 2. The zero-order valence-electron chi connectivity index (χ0n) is 13.4. The molecule has 0 aliphatic carbocycles. The zero-order chi connectivity index (χ0) is 15.5. The second-order valence-corrected chi connectivity index (χ2v) is 7.11. The Hall–Kier alpha value is -1.62. The number of nitrogens with one attached hydrogen (secondary N) is 1. The van der Waals surface area contributed by atoms with Crippen LogP contribution in [0.5, 0.6) is 5.75 Å². The molecule has 0 radical (unpaired) electrons. The molecule has 21 heavy (non-hydrogen) atoms. The summed E-state index contributed by atoms with van der Waals surface area (Å²) in [5.74, 6) is 0.906. The van der Waals surface area contributed by atoms with Gasteiger partial charge >= 0.3 is 0 Å². The maximum atomic E-state index is 5.86. The molecule has 0 saturated heterocycles. The topological polar surface area (TPSA) is 47.0 Å². The van der Waals surface area contributed by atoms with Crippen LogP contribution in [0.1, 0.15) is 43.8 Å². The van der Waals surface area contributed by atoms with Crippen LogP contribution in [0, 0.1) is 6.92 Å². The van der Waals surface area contributed by atoms with E-state index in [0.717, 1.165) is 28.0 Å². The fourth-order valence-corrected chi connectivity index (χ4v) is 2.67.